The van der Waals surface area contributed by atoms with Gasteiger partial charge in [-0.2, -0.15) is 5.10 Å². The Balaban J connectivity index is 1.65. The van der Waals surface area contributed by atoms with Crippen LogP contribution in [0.4, 0.5) is 14.6 Å². The largest absolute Gasteiger partial charge is 0.350 e. The maximum Gasteiger partial charge on any atom is 0.128 e. The van der Waals surface area contributed by atoms with Crippen molar-refractivity contribution in [3.05, 3.63) is 65.9 Å². The maximum atomic E-state index is 14.3. The first-order valence-electron chi connectivity index (χ1n) is 8.32. The Kier molecular flexibility index (Phi) is 3.99. The number of hydrogen-bond donors (Lipinski definition) is 0. The quantitative estimate of drug-likeness (QED) is 0.730. The highest BCUT2D eigenvalue weighted by atomic mass is 19.1. The molecule has 1 fully saturated rings. The van der Waals surface area contributed by atoms with Gasteiger partial charge in [0.05, 0.1) is 30.8 Å². The highest BCUT2D eigenvalue weighted by Gasteiger charge is 2.30. The molecule has 7 heteroatoms. The molecule has 1 saturated heterocycles. The summed E-state index contributed by atoms with van der Waals surface area (Å²) in [6, 6.07) is 5.39. The van der Waals surface area contributed by atoms with Crippen LogP contribution in [0, 0.1) is 11.6 Å². The number of halogens is 2. The van der Waals surface area contributed by atoms with Crippen LogP contribution in [0.2, 0.25) is 0 Å². The molecule has 4 rings (SSSR count). The van der Waals surface area contributed by atoms with Crippen molar-refractivity contribution in [3.8, 4) is 0 Å². The second-order valence-electron chi connectivity index (χ2n) is 6.39. The van der Waals surface area contributed by atoms with Crippen LogP contribution in [0.3, 0.4) is 0 Å². The van der Waals surface area contributed by atoms with Crippen molar-refractivity contribution in [2.75, 3.05) is 11.4 Å². The van der Waals surface area contributed by atoms with Crippen LogP contribution in [0.1, 0.15) is 30.1 Å². The molecule has 0 aliphatic carbocycles. The van der Waals surface area contributed by atoms with Crippen molar-refractivity contribution >= 4 is 5.82 Å². The Labute approximate surface area is 144 Å². The highest BCUT2D eigenvalue weighted by Crippen LogP contribution is 2.37. The highest BCUT2D eigenvalue weighted by molar-refractivity contribution is 5.45. The SMILES string of the molecule is Cn1cnc(Cn2nccc2N2CCCC2c2cc(F)ccc2F)c1. The first kappa shape index (κ1) is 15.8. The van der Waals surface area contributed by atoms with Crippen molar-refractivity contribution in [3.63, 3.8) is 0 Å². The molecule has 0 spiro atoms. The number of aromatic nitrogens is 4. The number of imidazole rings is 1. The number of benzene rings is 1. The fourth-order valence-corrected chi connectivity index (χ4v) is 3.53. The minimum Gasteiger partial charge on any atom is -0.350 e. The zero-order chi connectivity index (χ0) is 17.4. The van der Waals surface area contributed by atoms with E-state index in [1.54, 1.807) is 12.5 Å². The maximum absolute atomic E-state index is 14.3. The van der Waals surface area contributed by atoms with Crippen molar-refractivity contribution in [2.24, 2.45) is 7.05 Å². The normalized spacial score (nSPS) is 17.4. The van der Waals surface area contributed by atoms with Gasteiger partial charge in [0.1, 0.15) is 17.5 Å². The van der Waals surface area contributed by atoms with E-state index in [9.17, 15) is 8.78 Å². The zero-order valence-corrected chi connectivity index (χ0v) is 13.9. The van der Waals surface area contributed by atoms with Crippen molar-refractivity contribution in [1.82, 2.24) is 19.3 Å². The second-order valence-corrected chi connectivity index (χ2v) is 6.39. The van der Waals surface area contributed by atoms with Crippen LogP contribution >= 0.6 is 0 Å². The molecule has 0 bridgehead atoms. The van der Waals surface area contributed by atoms with Crippen molar-refractivity contribution in [1.29, 1.82) is 0 Å². The summed E-state index contributed by atoms with van der Waals surface area (Å²) in [5.41, 5.74) is 1.31. The van der Waals surface area contributed by atoms with E-state index >= 15 is 0 Å². The third kappa shape index (κ3) is 3.01. The number of nitrogens with zero attached hydrogens (tertiary/aromatic N) is 5. The van der Waals surface area contributed by atoms with Crippen LogP contribution < -0.4 is 4.90 Å². The lowest BCUT2D eigenvalue weighted by molar-refractivity contribution is 0.555. The molecular formula is C18H19F2N5. The summed E-state index contributed by atoms with van der Waals surface area (Å²) in [6.07, 6.45) is 7.14. The molecule has 3 aromatic rings. The average molecular weight is 343 g/mol. The molecule has 2 aromatic heterocycles. The van der Waals surface area contributed by atoms with Crippen LogP contribution in [0.5, 0.6) is 0 Å². The Morgan fingerprint density at radius 3 is 2.92 bits per heavy atom. The Morgan fingerprint density at radius 2 is 2.12 bits per heavy atom. The Morgan fingerprint density at radius 1 is 1.24 bits per heavy atom. The molecule has 25 heavy (non-hydrogen) atoms. The van der Waals surface area contributed by atoms with E-state index in [4.69, 9.17) is 0 Å². The number of rotatable bonds is 4. The monoisotopic (exact) mass is 343 g/mol. The zero-order valence-electron chi connectivity index (χ0n) is 13.9. The summed E-state index contributed by atoms with van der Waals surface area (Å²) in [7, 11) is 1.92. The molecule has 1 atom stereocenters. The summed E-state index contributed by atoms with van der Waals surface area (Å²) in [5, 5.41) is 4.39. The fourth-order valence-electron chi connectivity index (χ4n) is 3.53. The Bertz CT molecular complexity index is 885. The molecule has 130 valence electrons. The van der Waals surface area contributed by atoms with E-state index in [0.717, 1.165) is 37.0 Å². The van der Waals surface area contributed by atoms with Gasteiger partial charge in [-0.15, -0.1) is 0 Å². The standard InChI is InChI=1S/C18H19F2N5/c1-23-10-14(21-12-23)11-25-18(6-7-22-25)24-8-2-3-17(24)15-9-13(19)4-5-16(15)20/h4-7,9-10,12,17H,2-3,8,11H2,1H3. The summed E-state index contributed by atoms with van der Waals surface area (Å²) < 4.78 is 31.6. The molecule has 0 amide bonds. The average Bonchev–Trinajstić information content (AvgIpc) is 3.31. The fraction of sp³-hybridized carbons (Fsp3) is 0.333. The lowest BCUT2D eigenvalue weighted by Crippen LogP contribution is -2.26. The van der Waals surface area contributed by atoms with Gasteiger partial charge in [-0.1, -0.05) is 0 Å². The van der Waals surface area contributed by atoms with Gasteiger partial charge in [-0.25, -0.2) is 18.4 Å². The van der Waals surface area contributed by atoms with Crippen LogP contribution in [0.25, 0.3) is 0 Å². The van der Waals surface area contributed by atoms with E-state index in [1.165, 1.54) is 12.1 Å². The third-order valence-electron chi connectivity index (χ3n) is 4.63. The number of anilines is 1. The topological polar surface area (TPSA) is 38.9 Å². The van der Waals surface area contributed by atoms with Crippen molar-refractivity contribution < 1.29 is 8.78 Å². The van der Waals surface area contributed by atoms with Crippen LogP contribution in [0.15, 0.2) is 43.0 Å². The van der Waals surface area contributed by atoms with E-state index in [1.807, 2.05) is 28.6 Å². The smallest absolute Gasteiger partial charge is 0.128 e. The molecule has 0 N–H and O–H groups in total. The lowest BCUT2D eigenvalue weighted by Gasteiger charge is -2.27. The molecule has 1 aliphatic heterocycles. The molecule has 1 aliphatic rings. The molecule has 0 radical (unpaired) electrons. The summed E-state index contributed by atoms with van der Waals surface area (Å²) >= 11 is 0. The first-order valence-corrected chi connectivity index (χ1v) is 8.32. The van der Waals surface area contributed by atoms with E-state index in [2.05, 4.69) is 15.0 Å². The number of aryl methyl sites for hydroxylation is 1. The van der Waals surface area contributed by atoms with Gasteiger partial charge < -0.3 is 9.47 Å². The molecule has 3 heterocycles. The molecular weight excluding hydrogens is 324 g/mol. The van der Waals surface area contributed by atoms with Crippen LogP contribution in [-0.4, -0.2) is 25.9 Å². The predicted octanol–water partition coefficient (Wildman–Crippen LogP) is 3.28. The van der Waals surface area contributed by atoms with Crippen molar-refractivity contribution in [2.45, 2.75) is 25.4 Å². The molecule has 1 aromatic carbocycles. The predicted molar refractivity (Wildman–Crippen MR) is 90.2 cm³/mol. The summed E-state index contributed by atoms with van der Waals surface area (Å²) in [5.74, 6) is 0.121. The van der Waals surface area contributed by atoms with Gasteiger partial charge in [0.25, 0.3) is 0 Å². The molecule has 1 unspecified atom stereocenters. The summed E-state index contributed by atoms with van der Waals surface area (Å²) in [4.78, 5) is 6.44. The third-order valence-corrected chi connectivity index (χ3v) is 4.63. The second kappa shape index (κ2) is 6.31. The molecule has 5 nitrogen and oxygen atoms in total. The minimum atomic E-state index is -0.412. The van der Waals surface area contributed by atoms with Gasteiger partial charge >= 0.3 is 0 Å². The van der Waals surface area contributed by atoms with E-state index < -0.39 is 5.82 Å². The van der Waals surface area contributed by atoms with Gasteiger partial charge in [-0.3, -0.25) is 0 Å². The van der Waals surface area contributed by atoms with Gasteiger partial charge in [-0.05, 0) is 31.0 Å². The Hall–Kier alpha value is -2.70. The van der Waals surface area contributed by atoms with E-state index in [-0.39, 0.29) is 11.9 Å². The lowest BCUT2D eigenvalue weighted by atomic mass is 10.0. The van der Waals surface area contributed by atoms with E-state index in [0.29, 0.717) is 12.1 Å². The van der Waals surface area contributed by atoms with Gasteiger partial charge in [0.2, 0.25) is 0 Å². The van der Waals surface area contributed by atoms with Crippen LogP contribution in [-0.2, 0) is 13.6 Å². The molecule has 0 saturated carbocycles. The number of hydrogen-bond acceptors (Lipinski definition) is 3. The summed E-state index contributed by atoms with van der Waals surface area (Å²) in [6.45, 7) is 1.33. The van der Waals surface area contributed by atoms with Gasteiger partial charge in [0, 0.05) is 31.4 Å². The van der Waals surface area contributed by atoms with Gasteiger partial charge in [0.15, 0.2) is 0 Å². The first-order chi connectivity index (χ1) is 12.1. The minimum absolute atomic E-state index is 0.185.